The zero-order valence-electron chi connectivity index (χ0n) is 16.0. The van der Waals surface area contributed by atoms with E-state index >= 15 is 0 Å². The molecule has 1 N–H and O–H groups in total. The number of nitrogens with zero attached hydrogens (tertiary/aromatic N) is 5. The van der Waals surface area contributed by atoms with Crippen LogP contribution in [0.15, 0.2) is 30.6 Å². The number of piperidine rings is 1. The smallest absolute Gasteiger partial charge is 0.227 e. The first kappa shape index (κ1) is 18.1. The Morgan fingerprint density at radius 1 is 1.07 bits per heavy atom. The molecule has 27 heavy (non-hydrogen) atoms. The van der Waals surface area contributed by atoms with E-state index in [4.69, 9.17) is 9.72 Å². The van der Waals surface area contributed by atoms with Crippen LogP contribution in [0.1, 0.15) is 24.1 Å². The fourth-order valence-electron chi connectivity index (χ4n) is 3.71. The summed E-state index contributed by atoms with van der Waals surface area (Å²) in [7, 11) is 0. The van der Waals surface area contributed by atoms with Crippen LogP contribution in [0.5, 0.6) is 0 Å². The zero-order chi connectivity index (χ0) is 18.5. The van der Waals surface area contributed by atoms with Crippen molar-refractivity contribution >= 4 is 11.8 Å². The minimum atomic E-state index is 0.462. The highest BCUT2D eigenvalue weighted by molar-refractivity contribution is 5.42. The number of morpholine rings is 1. The summed E-state index contributed by atoms with van der Waals surface area (Å²) in [5.41, 5.74) is 2.46. The van der Waals surface area contributed by atoms with Crippen molar-refractivity contribution in [3.05, 3.63) is 41.9 Å². The molecule has 0 aliphatic carbocycles. The molecule has 4 heterocycles. The zero-order valence-corrected chi connectivity index (χ0v) is 16.0. The summed E-state index contributed by atoms with van der Waals surface area (Å²) in [5, 5.41) is 3.61. The number of anilines is 2. The Kier molecular flexibility index (Phi) is 5.79. The normalized spacial score (nSPS) is 19.2. The van der Waals surface area contributed by atoms with Gasteiger partial charge in [-0.1, -0.05) is 6.07 Å². The number of likely N-dealkylation sites (tertiary alicyclic amines) is 1. The van der Waals surface area contributed by atoms with Gasteiger partial charge in [0.05, 0.1) is 13.2 Å². The third kappa shape index (κ3) is 4.73. The molecule has 0 spiro atoms. The molecule has 0 atom stereocenters. The van der Waals surface area contributed by atoms with Gasteiger partial charge in [0, 0.05) is 56.9 Å². The van der Waals surface area contributed by atoms with Crippen LogP contribution in [-0.2, 0) is 11.3 Å². The number of ether oxygens (including phenoxy) is 1. The van der Waals surface area contributed by atoms with Crippen molar-refractivity contribution < 1.29 is 4.74 Å². The summed E-state index contributed by atoms with van der Waals surface area (Å²) in [6.45, 7) is 8.46. The minimum absolute atomic E-state index is 0.462. The lowest BCUT2D eigenvalue weighted by molar-refractivity contribution is 0.122. The van der Waals surface area contributed by atoms with Gasteiger partial charge < -0.3 is 15.0 Å². The number of pyridine rings is 1. The second-order valence-corrected chi connectivity index (χ2v) is 7.28. The van der Waals surface area contributed by atoms with E-state index in [1.165, 1.54) is 5.56 Å². The molecule has 0 aromatic carbocycles. The standard InChI is InChI=1S/C20H28N6O/c1-16-17(3-2-7-21-16)15-25-9-5-18(6-10-25)23-19-4-8-22-20(24-19)26-11-13-27-14-12-26/h2-4,7-8,18H,5-6,9-15H2,1H3,(H,22,23,24). The average Bonchev–Trinajstić information content (AvgIpc) is 2.72. The van der Waals surface area contributed by atoms with Crippen molar-refractivity contribution in [1.29, 1.82) is 0 Å². The fraction of sp³-hybridized carbons (Fsp3) is 0.550. The fourth-order valence-corrected chi connectivity index (χ4v) is 3.71. The Labute approximate surface area is 160 Å². The van der Waals surface area contributed by atoms with E-state index in [2.05, 4.69) is 38.1 Å². The Morgan fingerprint density at radius 3 is 2.67 bits per heavy atom. The molecule has 144 valence electrons. The summed E-state index contributed by atoms with van der Waals surface area (Å²) in [6.07, 6.45) is 5.95. The lowest BCUT2D eigenvalue weighted by Crippen LogP contribution is -2.39. The van der Waals surface area contributed by atoms with Crippen molar-refractivity contribution in [2.75, 3.05) is 49.6 Å². The molecule has 2 aromatic rings. The van der Waals surface area contributed by atoms with Gasteiger partial charge in [-0.3, -0.25) is 9.88 Å². The quantitative estimate of drug-likeness (QED) is 0.867. The molecule has 2 aliphatic rings. The number of hydrogen-bond donors (Lipinski definition) is 1. The van der Waals surface area contributed by atoms with Crippen LogP contribution in [0.25, 0.3) is 0 Å². The van der Waals surface area contributed by atoms with Crippen LogP contribution in [0.3, 0.4) is 0 Å². The van der Waals surface area contributed by atoms with Crippen molar-refractivity contribution in [3.8, 4) is 0 Å². The summed E-state index contributed by atoms with van der Waals surface area (Å²) >= 11 is 0. The molecular weight excluding hydrogens is 340 g/mol. The molecule has 2 saturated heterocycles. The van der Waals surface area contributed by atoms with Crippen LogP contribution in [-0.4, -0.2) is 65.3 Å². The second kappa shape index (κ2) is 8.63. The van der Waals surface area contributed by atoms with Gasteiger partial charge in [-0.05, 0) is 37.5 Å². The highest BCUT2D eigenvalue weighted by Crippen LogP contribution is 2.19. The van der Waals surface area contributed by atoms with Gasteiger partial charge in [0.25, 0.3) is 0 Å². The third-order valence-corrected chi connectivity index (χ3v) is 5.39. The Morgan fingerprint density at radius 2 is 1.89 bits per heavy atom. The molecule has 2 fully saturated rings. The molecule has 2 aliphatic heterocycles. The van der Waals surface area contributed by atoms with Gasteiger partial charge >= 0.3 is 0 Å². The van der Waals surface area contributed by atoms with E-state index in [0.29, 0.717) is 6.04 Å². The summed E-state index contributed by atoms with van der Waals surface area (Å²) in [4.78, 5) is 18.2. The van der Waals surface area contributed by atoms with E-state index in [1.54, 1.807) is 0 Å². The molecule has 4 rings (SSSR count). The van der Waals surface area contributed by atoms with E-state index in [1.807, 2.05) is 24.5 Å². The van der Waals surface area contributed by atoms with E-state index in [9.17, 15) is 0 Å². The van der Waals surface area contributed by atoms with E-state index in [0.717, 1.165) is 76.2 Å². The lowest BCUT2D eigenvalue weighted by Gasteiger charge is -2.33. The molecule has 0 saturated carbocycles. The predicted octanol–water partition coefficient (Wildman–Crippen LogP) is 2.09. The maximum absolute atomic E-state index is 5.41. The van der Waals surface area contributed by atoms with Crippen molar-refractivity contribution in [2.45, 2.75) is 32.4 Å². The first-order chi connectivity index (χ1) is 13.3. The molecule has 7 nitrogen and oxygen atoms in total. The van der Waals surface area contributed by atoms with Crippen molar-refractivity contribution in [1.82, 2.24) is 19.9 Å². The maximum Gasteiger partial charge on any atom is 0.227 e. The Balaban J connectivity index is 1.29. The number of hydrogen-bond acceptors (Lipinski definition) is 7. The molecule has 0 bridgehead atoms. The molecule has 0 amide bonds. The molecule has 2 aromatic heterocycles. The van der Waals surface area contributed by atoms with Crippen molar-refractivity contribution in [3.63, 3.8) is 0 Å². The molecule has 7 heteroatoms. The summed E-state index contributed by atoms with van der Waals surface area (Å²) in [5.74, 6) is 1.72. The highest BCUT2D eigenvalue weighted by Gasteiger charge is 2.21. The van der Waals surface area contributed by atoms with E-state index < -0.39 is 0 Å². The predicted molar refractivity (Wildman–Crippen MR) is 106 cm³/mol. The number of aromatic nitrogens is 3. The third-order valence-electron chi connectivity index (χ3n) is 5.39. The largest absolute Gasteiger partial charge is 0.378 e. The summed E-state index contributed by atoms with van der Waals surface area (Å²) < 4.78 is 5.41. The SMILES string of the molecule is Cc1ncccc1CN1CCC(Nc2ccnc(N3CCOCC3)n2)CC1. The second-order valence-electron chi connectivity index (χ2n) is 7.28. The topological polar surface area (TPSA) is 66.4 Å². The highest BCUT2D eigenvalue weighted by atomic mass is 16.5. The van der Waals surface area contributed by atoms with Gasteiger partial charge in [-0.2, -0.15) is 4.98 Å². The Bertz CT molecular complexity index is 741. The van der Waals surface area contributed by atoms with Gasteiger partial charge in [0.1, 0.15) is 5.82 Å². The van der Waals surface area contributed by atoms with Gasteiger partial charge in [-0.15, -0.1) is 0 Å². The van der Waals surface area contributed by atoms with E-state index in [-0.39, 0.29) is 0 Å². The van der Waals surface area contributed by atoms with Gasteiger partial charge in [0.15, 0.2) is 0 Å². The maximum atomic E-state index is 5.41. The lowest BCUT2D eigenvalue weighted by atomic mass is 10.0. The minimum Gasteiger partial charge on any atom is -0.378 e. The Hall–Kier alpha value is -2.25. The van der Waals surface area contributed by atoms with Crippen LogP contribution in [0, 0.1) is 6.92 Å². The van der Waals surface area contributed by atoms with Crippen LogP contribution in [0.4, 0.5) is 11.8 Å². The van der Waals surface area contributed by atoms with Gasteiger partial charge in [-0.25, -0.2) is 4.98 Å². The number of rotatable bonds is 5. The van der Waals surface area contributed by atoms with Crippen LogP contribution >= 0.6 is 0 Å². The average molecular weight is 368 g/mol. The van der Waals surface area contributed by atoms with Crippen molar-refractivity contribution in [2.24, 2.45) is 0 Å². The van der Waals surface area contributed by atoms with Crippen LogP contribution < -0.4 is 10.2 Å². The monoisotopic (exact) mass is 368 g/mol. The molecular formula is C20H28N6O. The molecule has 0 unspecified atom stereocenters. The number of nitrogens with one attached hydrogen (secondary N) is 1. The van der Waals surface area contributed by atoms with Gasteiger partial charge in [0.2, 0.25) is 5.95 Å². The van der Waals surface area contributed by atoms with Crippen LogP contribution in [0.2, 0.25) is 0 Å². The molecule has 0 radical (unpaired) electrons. The first-order valence-electron chi connectivity index (χ1n) is 9.83. The summed E-state index contributed by atoms with van der Waals surface area (Å²) in [6, 6.07) is 6.64. The first-order valence-corrected chi connectivity index (χ1v) is 9.83. The number of aryl methyl sites for hydroxylation is 1.